The van der Waals surface area contributed by atoms with Gasteiger partial charge in [-0.3, -0.25) is 9.89 Å². The number of amides is 1. The smallest absolute Gasteiger partial charge is 0.328 e. The van der Waals surface area contributed by atoms with Crippen LogP contribution in [0.1, 0.15) is 27.5 Å². The number of carbonyl (C=O) groups is 2. The molecule has 0 aromatic carbocycles. The normalized spacial score (nSPS) is 10.9. The Morgan fingerprint density at radius 1 is 1.48 bits per heavy atom. The number of carboxylic acid groups (broad SMARTS) is 1. The summed E-state index contributed by atoms with van der Waals surface area (Å²) in [4.78, 5) is 27.0. The first-order chi connectivity index (χ1) is 10.2. The van der Waals surface area contributed by atoms with E-state index in [1.54, 1.807) is 11.4 Å². The predicted molar refractivity (Wildman–Crippen MR) is 78.0 cm³/mol. The van der Waals surface area contributed by atoms with Gasteiger partial charge in [-0.05, 0) is 29.5 Å². The third-order valence-electron chi connectivity index (χ3n) is 2.65. The van der Waals surface area contributed by atoms with Crippen molar-refractivity contribution < 1.29 is 14.7 Å². The molecule has 0 spiro atoms. The van der Waals surface area contributed by atoms with Crippen molar-refractivity contribution in [3.05, 3.63) is 40.1 Å². The predicted octanol–water partition coefficient (Wildman–Crippen LogP) is 1.33. The van der Waals surface area contributed by atoms with Crippen molar-refractivity contribution in [3.63, 3.8) is 0 Å². The number of aromatic nitrogens is 3. The first-order valence-electron chi connectivity index (χ1n) is 6.28. The van der Waals surface area contributed by atoms with Crippen molar-refractivity contribution >= 4 is 29.3 Å². The number of aliphatic carboxylic acids is 1. The average molecular weight is 306 g/mol. The molecule has 0 aliphatic carbocycles. The Morgan fingerprint density at radius 3 is 3.05 bits per heavy atom. The minimum Gasteiger partial charge on any atom is -0.478 e. The highest BCUT2D eigenvalue weighted by molar-refractivity contribution is 7.12. The molecule has 0 unspecified atom stereocenters. The van der Waals surface area contributed by atoms with Gasteiger partial charge in [-0.25, -0.2) is 9.78 Å². The Kier molecular flexibility index (Phi) is 5.22. The summed E-state index contributed by atoms with van der Waals surface area (Å²) in [7, 11) is 0. The summed E-state index contributed by atoms with van der Waals surface area (Å²) in [5, 5.41) is 19.7. The van der Waals surface area contributed by atoms with Gasteiger partial charge in [0.15, 0.2) is 0 Å². The largest absolute Gasteiger partial charge is 0.478 e. The molecule has 0 fully saturated rings. The van der Waals surface area contributed by atoms with Gasteiger partial charge in [-0.1, -0.05) is 0 Å². The molecule has 110 valence electrons. The van der Waals surface area contributed by atoms with Crippen LogP contribution in [0.5, 0.6) is 0 Å². The number of rotatable bonds is 7. The Morgan fingerprint density at radius 2 is 2.33 bits per heavy atom. The van der Waals surface area contributed by atoms with E-state index in [4.69, 9.17) is 5.11 Å². The Labute approximate surface area is 124 Å². The number of H-pyrrole nitrogens is 1. The number of nitrogens with zero attached hydrogens (tertiary/aromatic N) is 2. The first-order valence-corrected chi connectivity index (χ1v) is 7.15. The molecule has 2 aromatic heterocycles. The summed E-state index contributed by atoms with van der Waals surface area (Å²) in [5.74, 6) is -0.460. The maximum Gasteiger partial charge on any atom is 0.328 e. The summed E-state index contributed by atoms with van der Waals surface area (Å²) < 4.78 is 0. The molecule has 8 heteroatoms. The molecule has 2 heterocycles. The summed E-state index contributed by atoms with van der Waals surface area (Å²) >= 11 is 1.28. The van der Waals surface area contributed by atoms with Crippen LogP contribution in [0.3, 0.4) is 0 Å². The van der Waals surface area contributed by atoms with E-state index >= 15 is 0 Å². The molecular weight excluding hydrogens is 292 g/mol. The third kappa shape index (κ3) is 4.53. The van der Waals surface area contributed by atoms with Gasteiger partial charge in [0.1, 0.15) is 12.2 Å². The SMILES string of the molecule is O=C(O)C=Cc1ccsc1C(=O)NCCCc1ncn[nH]1. The second kappa shape index (κ2) is 7.34. The highest BCUT2D eigenvalue weighted by Gasteiger charge is 2.11. The number of carbonyl (C=O) groups excluding carboxylic acids is 1. The topological polar surface area (TPSA) is 108 Å². The molecule has 2 aromatic rings. The van der Waals surface area contributed by atoms with Gasteiger partial charge in [0, 0.05) is 19.0 Å². The highest BCUT2D eigenvalue weighted by Crippen LogP contribution is 2.18. The van der Waals surface area contributed by atoms with Crippen LogP contribution >= 0.6 is 11.3 Å². The molecule has 0 aliphatic heterocycles. The van der Waals surface area contributed by atoms with Gasteiger partial charge in [-0.2, -0.15) is 5.10 Å². The van der Waals surface area contributed by atoms with Gasteiger partial charge in [-0.15, -0.1) is 11.3 Å². The van der Waals surface area contributed by atoms with E-state index in [-0.39, 0.29) is 5.91 Å². The fourth-order valence-electron chi connectivity index (χ4n) is 1.69. The standard InChI is InChI=1S/C13H14N4O3S/c18-11(19)4-3-9-5-7-21-12(9)13(20)14-6-1-2-10-15-8-16-17-10/h3-5,7-8H,1-2,6H2,(H,14,20)(H,18,19)(H,15,16,17). The molecule has 7 nitrogen and oxygen atoms in total. The van der Waals surface area contributed by atoms with Crippen molar-refractivity contribution in [2.45, 2.75) is 12.8 Å². The van der Waals surface area contributed by atoms with E-state index < -0.39 is 5.97 Å². The molecule has 0 aliphatic rings. The zero-order chi connectivity index (χ0) is 15.1. The molecule has 0 atom stereocenters. The van der Waals surface area contributed by atoms with E-state index in [0.29, 0.717) is 23.4 Å². The van der Waals surface area contributed by atoms with E-state index in [2.05, 4.69) is 20.5 Å². The van der Waals surface area contributed by atoms with Crippen LogP contribution in [0.15, 0.2) is 23.8 Å². The molecule has 2 rings (SSSR count). The molecule has 0 bridgehead atoms. The van der Waals surface area contributed by atoms with Crippen LogP contribution in [0.4, 0.5) is 0 Å². The first kappa shape index (κ1) is 14.9. The van der Waals surface area contributed by atoms with Crippen molar-refractivity contribution in [1.29, 1.82) is 0 Å². The molecule has 0 saturated heterocycles. The second-order valence-electron chi connectivity index (χ2n) is 4.17. The number of nitrogens with one attached hydrogen (secondary N) is 2. The Bertz CT molecular complexity index is 634. The van der Waals surface area contributed by atoms with E-state index in [1.807, 2.05) is 0 Å². The number of thiophene rings is 1. The fraction of sp³-hybridized carbons (Fsp3) is 0.231. The van der Waals surface area contributed by atoms with Crippen LogP contribution in [-0.2, 0) is 11.2 Å². The highest BCUT2D eigenvalue weighted by atomic mass is 32.1. The summed E-state index contributed by atoms with van der Waals surface area (Å²) in [6, 6.07) is 1.72. The lowest BCUT2D eigenvalue weighted by molar-refractivity contribution is -0.131. The second-order valence-corrected chi connectivity index (χ2v) is 5.08. The molecule has 0 radical (unpaired) electrons. The lowest BCUT2D eigenvalue weighted by Crippen LogP contribution is -2.24. The molecule has 21 heavy (non-hydrogen) atoms. The molecular formula is C13H14N4O3S. The Hall–Kier alpha value is -2.48. The lowest BCUT2D eigenvalue weighted by Gasteiger charge is -2.03. The minimum absolute atomic E-state index is 0.201. The summed E-state index contributed by atoms with van der Waals surface area (Å²) in [5.41, 5.74) is 0.607. The van der Waals surface area contributed by atoms with Crippen LogP contribution in [0, 0.1) is 0 Å². The van der Waals surface area contributed by atoms with Gasteiger partial charge in [0.05, 0.1) is 4.88 Å². The van der Waals surface area contributed by atoms with Crippen LogP contribution in [-0.4, -0.2) is 38.7 Å². The fourth-order valence-corrected chi connectivity index (χ4v) is 2.49. The maximum absolute atomic E-state index is 12.0. The van der Waals surface area contributed by atoms with Crippen molar-refractivity contribution in [1.82, 2.24) is 20.5 Å². The number of aromatic amines is 1. The van der Waals surface area contributed by atoms with Crippen LogP contribution in [0.2, 0.25) is 0 Å². The molecule has 3 N–H and O–H groups in total. The minimum atomic E-state index is -1.04. The zero-order valence-electron chi connectivity index (χ0n) is 11.1. The van der Waals surface area contributed by atoms with E-state index in [1.165, 1.54) is 23.7 Å². The summed E-state index contributed by atoms with van der Waals surface area (Å²) in [6.07, 6.45) is 5.33. The van der Waals surface area contributed by atoms with Gasteiger partial charge in [0.25, 0.3) is 5.91 Å². The monoisotopic (exact) mass is 306 g/mol. The number of hydrogen-bond acceptors (Lipinski definition) is 5. The van der Waals surface area contributed by atoms with E-state index in [9.17, 15) is 9.59 Å². The maximum atomic E-state index is 12.0. The third-order valence-corrected chi connectivity index (χ3v) is 3.58. The van der Waals surface area contributed by atoms with Gasteiger partial charge in [0.2, 0.25) is 0 Å². The molecule has 1 amide bonds. The quantitative estimate of drug-likeness (QED) is 0.528. The number of aryl methyl sites for hydroxylation is 1. The molecule has 0 saturated carbocycles. The summed E-state index contributed by atoms with van der Waals surface area (Å²) in [6.45, 7) is 0.513. The average Bonchev–Trinajstić information content (AvgIpc) is 3.12. The van der Waals surface area contributed by atoms with Gasteiger partial charge < -0.3 is 10.4 Å². The number of hydrogen-bond donors (Lipinski definition) is 3. The van der Waals surface area contributed by atoms with E-state index in [0.717, 1.165) is 18.3 Å². The van der Waals surface area contributed by atoms with Crippen molar-refractivity contribution in [2.24, 2.45) is 0 Å². The lowest BCUT2D eigenvalue weighted by atomic mass is 10.2. The van der Waals surface area contributed by atoms with Crippen LogP contribution in [0.25, 0.3) is 6.08 Å². The number of carboxylic acids is 1. The zero-order valence-corrected chi connectivity index (χ0v) is 11.9. The van der Waals surface area contributed by atoms with Gasteiger partial charge >= 0.3 is 5.97 Å². The van der Waals surface area contributed by atoms with Crippen LogP contribution < -0.4 is 5.32 Å². The van der Waals surface area contributed by atoms with Crippen molar-refractivity contribution in [2.75, 3.05) is 6.54 Å². The Balaban J connectivity index is 1.83. The van der Waals surface area contributed by atoms with Crippen molar-refractivity contribution in [3.8, 4) is 0 Å².